The standard InChI is InChI=1S/C10H8F2O2/c11-6-3-5-1-2-7(10(13)14)9(5)8(12)4-6/h3-4,7H,1-2H2,(H,13,14). The van der Waals surface area contributed by atoms with Gasteiger partial charge >= 0.3 is 5.97 Å². The third kappa shape index (κ3) is 1.27. The summed E-state index contributed by atoms with van der Waals surface area (Å²) in [6.45, 7) is 0. The molecule has 1 aliphatic rings. The van der Waals surface area contributed by atoms with Gasteiger partial charge in [-0.3, -0.25) is 4.79 Å². The van der Waals surface area contributed by atoms with E-state index >= 15 is 0 Å². The summed E-state index contributed by atoms with van der Waals surface area (Å²) >= 11 is 0. The number of benzene rings is 1. The van der Waals surface area contributed by atoms with Crippen molar-refractivity contribution in [3.05, 3.63) is 34.9 Å². The lowest BCUT2D eigenvalue weighted by Crippen LogP contribution is -2.09. The number of carboxylic acid groups (broad SMARTS) is 1. The smallest absolute Gasteiger partial charge is 0.311 e. The lowest BCUT2D eigenvalue weighted by atomic mass is 10.0. The summed E-state index contributed by atoms with van der Waals surface area (Å²) in [4.78, 5) is 10.7. The summed E-state index contributed by atoms with van der Waals surface area (Å²) in [6, 6.07) is 1.95. The van der Waals surface area contributed by atoms with Gasteiger partial charge in [0.2, 0.25) is 0 Å². The minimum absolute atomic E-state index is 0.152. The Hall–Kier alpha value is -1.45. The number of halogens is 2. The second-order valence-electron chi connectivity index (χ2n) is 3.39. The Bertz CT molecular complexity index is 401. The molecule has 0 fully saturated rings. The van der Waals surface area contributed by atoms with Crippen LogP contribution in [0.4, 0.5) is 8.78 Å². The van der Waals surface area contributed by atoms with Crippen molar-refractivity contribution < 1.29 is 18.7 Å². The van der Waals surface area contributed by atoms with Crippen molar-refractivity contribution in [1.82, 2.24) is 0 Å². The molecule has 4 heteroatoms. The van der Waals surface area contributed by atoms with Crippen molar-refractivity contribution >= 4 is 5.97 Å². The highest BCUT2D eigenvalue weighted by Crippen LogP contribution is 2.35. The maximum Gasteiger partial charge on any atom is 0.311 e. The van der Waals surface area contributed by atoms with Gasteiger partial charge in [0.1, 0.15) is 11.6 Å². The van der Waals surface area contributed by atoms with Crippen LogP contribution < -0.4 is 0 Å². The van der Waals surface area contributed by atoms with Crippen LogP contribution in [0.1, 0.15) is 23.5 Å². The van der Waals surface area contributed by atoms with Gasteiger partial charge in [0.25, 0.3) is 0 Å². The normalized spacial score (nSPS) is 19.4. The molecule has 0 aliphatic heterocycles. The summed E-state index contributed by atoms with van der Waals surface area (Å²) in [5.74, 6) is -3.25. The number of hydrogen-bond acceptors (Lipinski definition) is 1. The van der Waals surface area contributed by atoms with Crippen molar-refractivity contribution in [3.8, 4) is 0 Å². The molecule has 74 valence electrons. The summed E-state index contributed by atoms with van der Waals surface area (Å²) < 4.78 is 26.0. The van der Waals surface area contributed by atoms with Gasteiger partial charge in [0, 0.05) is 11.6 Å². The zero-order valence-electron chi connectivity index (χ0n) is 7.26. The van der Waals surface area contributed by atoms with E-state index in [1.54, 1.807) is 0 Å². The van der Waals surface area contributed by atoms with E-state index < -0.39 is 23.5 Å². The molecule has 1 aromatic rings. The van der Waals surface area contributed by atoms with Crippen LogP contribution in [0.25, 0.3) is 0 Å². The first-order valence-corrected chi connectivity index (χ1v) is 4.30. The largest absolute Gasteiger partial charge is 0.481 e. The van der Waals surface area contributed by atoms with Crippen molar-refractivity contribution in [3.63, 3.8) is 0 Å². The number of rotatable bonds is 1. The third-order valence-corrected chi connectivity index (χ3v) is 2.53. The molecule has 0 bridgehead atoms. The summed E-state index contributed by atoms with van der Waals surface area (Å²) in [5.41, 5.74) is 0.633. The first-order chi connectivity index (χ1) is 6.59. The molecule has 0 spiro atoms. The van der Waals surface area contributed by atoms with Gasteiger partial charge in [-0.1, -0.05) is 0 Å². The predicted molar refractivity (Wildman–Crippen MR) is 45.1 cm³/mol. The maximum absolute atomic E-state index is 13.3. The van der Waals surface area contributed by atoms with E-state index in [9.17, 15) is 13.6 Å². The average molecular weight is 198 g/mol. The van der Waals surface area contributed by atoms with Crippen LogP contribution in [0.2, 0.25) is 0 Å². The van der Waals surface area contributed by atoms with Gasteiger partial charge in [-0.05, 0) is 24.5 Å². The molecular formula is C10H8F2O2. The van der Waals surface area contributed by atoms with Gasteiger partial charge in [-0.25, -0.2) is 8.78 Å². The highest BCUT2D eigenvalue weighted by Gasteiger charge is 2.31. The van der Waals surface area contributed by atoms with Crippen LogP contribution in [0.15, 0.2) is 12.1 Å². The second kappa shape index (κ2) is 3.04. The van der Waals surface area contributed by atoms with E-state index in [1.165, 1.54) is 6.07 Å². The lowest BCUT2D eigenvalue weighted by Gasteiger charge is -2.06. The van der Waals surface area contributed by atoms with Crippen LogP contribution >= 0.6 is 0 Å². The molecule has 0 aromatic heterocycles. The number of hydrogen-bond donors (Lipinski definition) is 1. The van der Waals surface area contributed by atoms with Crippen molar-refractivity contribution in [2.45, 2.75) is 18.8 Å². The molecule has 2 nitrogen and oxygen atoms in total. The van der Waals surface area contributed by atoms with Crippen LogP contribution in [0, 0.1) is 11.6 Å². The molecule has 1 aliphatic carbocycles. The molecule has 0 radical (unpaired) electrons. The Morgan fingerprint density at radius 1 is 1.43 bits per heavy atom. The number of carboxylic acids is 1. The monoisotopic (exact) mass is 198 g/mol. The van der Waals surface area contributed by atoms with E-state index in [-0.39, 0.29) is 5.56 Å². The summed E-state index contributed by atoms with van der Waals surface area (Å²) in [5, 5.41) is 8.79. The lowest BCUT2D eigenvalue weighted by molar-refractivity contribution is -0.138. The van der Waals surface area contributed by atoms with Gasteiger partial charge in [-0.15, -0.1) is 0 Å². The Morgan fingerprint density at radius 3 is 2.79 bits per heavy atom. The third-order valence-electron chi connectivity index (χ3n) is 2.53. The van der Waals surface area contributed by atoms with Crippen molar-refractivity contribution in [2.24, 2.45) is 0 Å². The average Bonchev–Trinajstić information content (AvgIpc) is 2.47. The zero-order chi connectivity index (χ0) is 10.3. The van der Waals surface area contributed by atoms with Gasteiger partial charge < -0.3 is 5.11 Å². The van der Waals surface area contributed by atoms with Gasteiger partial charge in [0.05, 0.1) is 5.92 Å². The molecule has 1 N–H and O–H groups in total. The Labute approximate surface area is 79.2 Å². The number of aliphatic carboxylic acids is 1. The van der Waals surface area contributed by atoms with Crippen LogP contribution in [-0.2, 0) is 11.2 Å². The zero-order valence-corrected chi connectivity index (χ0v) is 7.26. The number of fused-ring (bicyclic) bond motifs is 1. The quantitative estimate of drug-likeness (QED) is 0.750. The molecule has 0 amide bonds. The van der Waals surface area contributed by atoms with Gasteiger partial charge in [0.15, 0.2) is 0 Å². The first-order valence-electron chi connectivity index (χ1n) is 4.30. The summed E-state index contributed by atoms with van der Waals surface area (Å²) in [6.07, 6.45) is 0.784. The SMILES string of the molecule is O=C(O)C1CCc2cc(F)cc(F)c21. The Morgan fingerprint density at radius 2 is 2.14 bits per heavy atom. The topological polar surface area (TPSA) is 37.3 Å². The Kier molecular flexibility index (Phi) is 1.98. The minimum Gasteiger partial charge on any atom is -0.481 e. The fourth-order valence-corrected chi connectivity index (χ4v) is 1.93. The minimum atomic E-state index is -1.05. The summed E-state index contributed by atoms with van der Waals surface area (Å²) in [7, 11) is 0. The fourth-order valence-electron chi connectivity index (χ4n) is 1.93. The molecule has 0 heterocycles. The molecule has 2 rings (SSSR count). The Balaban J connectivity index is 2.54. The molecule has 0 saturated carbocycles. The maximum atomic E-state index is 13.3. The highest BCUT2D eigenvalue weighted by molar-refractivity contribution is 5.77. The van der Waals surface area contributed by atoms with Crippen molar-refractivity contribution in [1.29, 1.82) is 0 Å². The van der Waals surface area contributed by atoms with Crippen molar-refractivity contribution in [2.75, 3.05) is 0 Å². The van der Waals surface area contributed by atoms with Gasteiger partial charge in [-0.2, -0.15) is 0 Å². The molecule has 14 heavy (non-hydrogen) atoms. The first kappa shape index (κ1) is 9.12. The van der Waals surface area contributed by atoms with E-state index in [1.807, 2.05) is 0 Å². The van der Waals surface area contributed by atoms with Crippen LogP contribution in [0.5, 0.6) is 0 Å². The number of carbonyl (C=O) groups is 1. The van der Waals surface area contributed by atoms with Crippen LogP contribution in [-0.4, -0.2) is 11.1 Å². The highest BCUT2D eigenvalue weighted by atomic mass is 19.1. The molecule has 1 atom stereocenters. The van der Waals surface area contributed by atoms with E-state index in [2.05, 4.69) is 0 Å². The van der Waals surface area contributed by atoms with Crippen LogP contribution in [0.3, 0.4) is 0 Å². The van der Waals surface area contributed by atoms with E-state index in [0.29, 0.717) is 18.4 Å². The molecule has 1 unspecified atom stereocenters. The van der Waals surface area contributed by atoms with E-state index in [4.69, 9.17) is 5.11 Å². The number of aryl methyl sites for hydroxylation is 1. The molecule has 0 saturated heterocycles. The molecule has 1 aromatic carbocycles. The van der Waals surface area contributed by atoms with E-state index in [0.717, 1.165) is 6.07 Å². The second-order valence-corrected chi connectivity index (χ2v) is 3.39. The fraction of sp³-hybridized carbons (Fsp3) is 0.300. The molecular weight excluding hydrogens is 190 g/mol. The predicted octanol–water partition coefficient (Wildman–Crippen LogP) is 2.08.